The van der Waals surface area contributed by atoms with Crippen LogP contribution in [0, 0.1) is 5.82 Å². The summed E-state index contributed by atoms with van der Waals surface area (Å²) >= 11 is 0. The fraction of sp³-hybridized carbons (Fsp3) is 0.0909. The van der Waals surface area contributed by atoms with Gasteiger partial charge in [-0.1, -0.05) is 12.1 Å². The number of anilines is 1. The molecule has 0 aliphatic carbocycles. The number of nitrogens with one attached hydrogen (secondary N) is 1. The van der Waals surface area contributed by atoms with Crippen LogP contribution in [-0.4, -0.2) is 10.2 Å². The average Bonchev–Trinajstić information content (AvgIpc) is 2.27. The third-order valence-electron chi connectivity index (χ3n) is 2.18. The average molecular weight is 219 g/mol. The van der Waals surface area contributed by atoms with Gasteiger partial charge < -0.3 is 5.73 Å². The maximum atomic E-state index is 12.7. The molecule has 2 rings (SSSR count). The number of aromatic nitrogens is 2. The Kier molecular flexibility index (Phi) is 2.68. The van der Waals surface area contributed by atoms with E-state index in [0.717, 1.165) is 5.56 Å². The summed E-state index contributed by atoms with van der Waals surface area (Å²) in [5, 5.41) is 6.14. The molecule has 82 valence electrons. The van der Waals surface area contributed by atoms with Gasteiger partial charge in [-0.3, -0.25) is 4.79 Å². The van der Waals surface area contributed by atoms with Crippen LogP contribution < -0.4 is 11.3 Å². The second-order valence-electron chi connectivity index (χ2n) is 3.45. The molecule has 0 aliphatic rings. The van der Waals surface area contributed by atoms with Crippen molar-refractivity contribution in [2.45, 2.75) is 6.42 Å². The van der Waals surface area contributed by atoms with Gasteiger partial charge in [0.25, 0.3) is 5.56 Å². The third-order valence-corrected chi connectivity index (χ3v) is 2.18. The van der Waals surface area contributed by atoms with Gasteiger partial charge in [0.15, 0.2) is 0 Å². The summed E-state index contributed by atoms with van der Waals surface area (Å²) in [7, 11) is 0. The minimum Gasteiger partial charge on any atom is -0.394 e. The molecule has 0 unspecified atom stereocenters. The highest BCUT2D eigenvalue weighted by Crippen LogP contribution is 2.08. The van der Waals surface area contributed by atoms with E-state index in [1.54, 1.807) is 12.1 Å². The molecule has 0 atom stereocenters. The lowest BCUT2D eigenvalue weighted by Gasteiger charge is -2.01. The number of nitrogen functional groups attached to an aromatic ring is 1. The van der Waals surface area contributed by atoms with Gasteiger partial charge in [-0.25, -0.2) is 9.49 Å². The van der Waals surface area contributed by atoms with Crippen LogP contribution in [-0.2, 0) is 6.42 Å². The molecule has 0 saturated heterocycles. The topological polar surface area (TPSA) is 71.8 Å². The molecule has 0 amide bonds. The van der Waals surface area contributed by atoms with Crippen LogP contribution in [0.2, 0.25) is 0 Å². The number of nitrogens with zero attached hydrogens (tertiary/aromatic N) is 1. The minimum absolute atomic E-state index is 0.132. The predicted octanol–water partition coefficient (Wildman–Crippen LogP) is 1.08. The Labute approximate surface area is 90.9 Å². The smallest absolute Gasteiger partial charge is 0.287 e. The lowest BCUT2D eigenvalue weighted by Crippen LogP contribution is -2.14. The van der Waals surface area contributed by atoms with Gasteiger partial charge in [0.05, 0.1) is 5.69 Å². The Bertz CT molecular complexity index is 548. The first-order valence-electron chi connectivity index (χ1n) is 4.73. The van der Waals surface area contributed by atoms with Crippen molar-refractivity contribution in [1.29, 1.82) is 0 Å². The van der Waals surface area contributed by atoms with E-state index in [1.165, 1.54) is 18.2 Å². The van der Waals surface area contributed by atoms with Gasteiger partial charge in [0.2, 0.25) is 0 Å². The standard InChI is InChI=1S/C11H10FN3O/c12-8-3-1-7(2-4-8)5-9-6-10(13)11(16)15-14-9/h1-4,6H,5H2,(H2,13,14)(H,15,16). The molecule has 1 aromatic carbocycles. The van der Waals surface area contributed by atoms with Crippen molar-refractivity contribution in [2.75, 3.05) is 5.73 Å². The van der Waals surface area contributed by atoms with Crippen molar-refractivity contribution in [3.63, 3.8) is 0 Å². The summed E-state index contributed by atoms with van der Waals surface area (Å²) in [4.78, 5) is 11.0. The molecule has 16 heavy (non-hydrogen) atoms. The SMILES string of the molecule is Nc1cc(Cc2ccc(F)cc2)n[nH]c1=O. The molecule has 0 bridgehead atoms. The molecule has 0 radical (unpaired) electrons. The second kappa shape index (κ2) is 4.14. The van der Waals surface area contributed by atoms with Gasteiger partial charge in [-0.05, 0) is 23.8 Å². The summed E-state index contributed by atoms with van der Waals surface area (Å²) in [6.45, 7) is 0. The Hall–Kier alpha value is -2.17. The van der Waals surface area contributed by atoms with Gasteiger partial charge >= 0.3 is 0 Å². The van der Waals surface area contributed by atoms with Crippen molar-refractivity contribution in [2.24, 2.45) is 0 Å². The molecule has 3 N–H and O–H groups in total. The number of hydrogen-bond acceptors (Lipinski definition) is 3. The highest BCUT2D eigenvalue weighted by atomic mass is 19.1. The predicted molar refractivity (Wildman–Crippen MR) is 58.5 cm³/mol. The summed E-state index contributed by atoms with van der Waals surface area (Å²) in [5.41, 5.74) is 6.73. The molecular weight excluding hydrogens is 209 g/mol. The second-order valence-corrected chi connectivity index (χ2v) is 3.45. The number of rotatable bonds is 2. The zero-order valence-corrected chi connectivity index (χ0v) is 8.40. The van der Waals surface area contributed by atoms with E-state index in [9.17, 15) is 9.18 Å². The van der Waals surface area contributed by atoms with Crippen LogP contribution in [0.1, 0.15) is 11.3 Å². The van der Waals surface area contributed by atoms with E-state index in [2.05, 4.69) is 10.2 Å². The lowest BCUT2D eigenvalue weighted by molar-refractivity contribution is 0.627. The Morgan fingerprint density at radius 1 is 1.31 bits per heavy atom. The van der Waals surface area contributed by atoms with Crippen LogP contribution in [0.4, 0.5) is 10.1 Å². The number of H-pyrrole nitrogens is 1. The molecule has 1 aromatic heterocycles. The summed E-state index contributed by atoms with van der Waals surface area (Å²) in [5.74, 6) is -0.280. The van der Waals surface area contributed by atoms with E-state index in [1.807, 2.05) is 0 Å². The molecule has 0 spiro atoms. The number of benzene rings is 1. The number of halogens is 1. The van der Waals surface area contributed by atoms with E-state index in [-0.39, 0.29) is 11.5 Å². The van der Waals surface area contributed by atoms with Crippen molar-refractivity contribution < 1.29 is 4.39 Å². The zero-order chi connectivity index (χ0) is 11.5. The minimum atomic E-state index is -0.400. The van der Waals surface area contributed by atoms with Gasteiger partial charge in [-0.2, -0.15) is 5.10 Å². The molecule has 2 aromatic rings. The van der Waals surface area contributed by atoms with Crippen LogP contribution in [0.5, 0.6) is 0 Å². The number of aromatic amines is 1. The van der Waals surface area contributed by atoms with Crippen LogP contribution in [0.3, 0.4) is 0 Å². The Morgan fingerprint density at radius 3 is 2.62 bits per heavy atom. The third kappa shape index (κ3) is 2.25. The van der Waals surface area contributed by atoms with Crippen LogP contribution in [0.15, 0.2) is 35.1 Å². The molecule has 4 nitrogen and oxygen atoms in total. The molecule has 0 aliphatic heterocycles. The molecule has 5 heteroatoms. The van der Waals surface area contributed by atoms with Crippen LogP contribution in [0.25, 0.3) is 0 Å². The van der Waals surface area contributed by atoms with Gasteiger partial charge in [0.1, 0.15) is 11.5 Å². The van der Waals surface area contributed by atoms with E-state index in [4.69, 9.17) is 5.73 Å². The first-order valence-corrected chi connectivity index (χ1v) is 4.73. The summed E-state index contributed by atoms with van der Waals surface area (Å²) < 4.78 is 12.7. The maximum absolute atomic E-state index is 12.7. The summed E-state index contributed by atoms with van der Waals surface area (Å²) in [6.07, 6.45) is 0.501. The van der Waals surface area contributed by atoms with Crippen molar-refractivity contribution in [3.8, 4) is 0 Å². The highest BCUT2D eigenvalue weighted by molar-refractivity contribution is 5.36. The summed E-state index contributed by atoms with van der Waals surface area (Å²) in [6, 6.07) is 7.60. The highest BCUT2D eigenvalue weighted by Gasteiger charge is 2.01. The zero-order valence-electron chi connectivity index (χ0n) is 8.40. The molecular formula is C11H10FN3O. The fourth-order valence-corrected chi connectivity index (χ4v) is 1.37. The van der Waals surface area contributed by atoms with Crippen molar-refractivity contribution in [1.82, 2.24) is 10.2 Å². The molecule has 0 saturated carbocycles. The largest absolute Gasteiger partial charge is 0.394 e. The Balaban J connectivity index is 2.23. The quantitative estimate of drug-likeness (QED) is 0.793. The van der Waals surface area contributed by atoms with E-state index >= 15 is 0 Å². The van der Waals surface area contributed by atoms with E-state index in [0.29, 0.717) is 12.1 Å². The van der Waals surface area contributed by atoms with E-state index < -0.39 is 5.56 Å². The maximum Gasteiger partial charge on any atom is 0.287 e. The Morgan fingerprint density at radius 2 is 2.00 bits per heavy atom. The van der Waals surface area contributed by atoms with Crippen LogP contribution >= 0.6 is 0 Å². The van der Waals surface area contributed by atoms with Crippen molar-refractivity contribution >= 4 is 5.69 Å². The molecule has 0 fully saturated rings. The van der Waals surface area contributed by atoms with Gasteiger partial charge in [0, 0.05) is 6.42 Å². The monoisotopic (exact) mass is 219 g/mol. The number of nitrogens with two attached hydrogens (primary N) is 1. The first kappa shape index (κ1) is 10.4. The first-order chi connectivity index (χ1) is 7.65. The normalized spacial score (nSPS) is 10.3. The fourth-order valence-electron chi connectivity index (χ4n) is 1.37. The lowest BCUT2D eigenvalue weighted by atomic mass is 10.1. The van der Waals surface area contributed by atoms with Gasteiger partial charge in [-0.15, -0.1) is 0 Å². The molecule has 1 heterocycles. The number of hydrogen-bond donors (Lipinski definition) is 2. The van der Waals surface area contributed by atoms with Crippen molar-refractivity contribution in [3.05, 3.63) is 57.8 Å².